The Hall–Kier alpha value is -1.75. The Balaban J connectivity index is 1.81. The number of aryl methyl sites for hydroxylation is 1. The van der Waals surface area contributed by atoms with Gasteiger partial charge in [-0.25, -0.2) is 4.79 Å². The number of urea groups is 1. The third-order valence-electron chi connectivity index (χ3n) is 3.99. The molecule has 1 aliphatic carbocycles. The van der Waals surface area contributed by atoms with Gasteiger partial charge in [0.25, 0.3) is 0 Å². The molecule has 0 bridgehead atoms. The quantitative estimate of drug-likeness (QED) is 0.778. The van der Waals surface area contributed by atoms with Crippen molar-refractivity contribution in [2.24, 2.45) is 0 Å². The Morgan fingerprint density at radius 1 is 1.33 bits per heavy atom. The molecule has 5 heteroatoms. The van der Waals surface area contributed by atoms with Gasteiger partial charge in [0.05, 0.1) is 12.7 Å². The van der Waals surface area contributed by atoms with Crippen LogP contribution >= 0.6 is 0 Å². The Kier molecular flexibility index (Phi) is 5.07. The normalized spacial score (nSPS) is 16.5. The van der Waals surface area contributed by atoms with Gasteiger partial charge in [0.1, 0.15) is 5.75 Å². The van der Waals surface area contributed by atoms with E-state index in [9.17, 15) is 9.90 Å². The van der Waals surface area contributed by atoms with Crippen molar-refractivity contribution in [2.45, 2.75) is 44.8 Å². The summed E-state index contributed by atoms with van der Waals surface area (Å²) in [6.45, 7) is 2.70. The maximum absolute atomic E-state index is 11.8. The Bertz CT molecular complexity index is 496. The van der Waals surface area contributed by atoms with E-state index in [1.165, 1.54) is 0 Å². The molecule has 1 fully saturated rings. The van der Waals surface area contributed by atoms with Gasteiger partial charge in [-0.2, -0.15) is 0 Å². The highest BCUT2D eigenvalue weighted by Gasteiger charge is 2.31. The molecule has 2 amide bonds. The van der Waals surface area contributed by atoms with Crippen molar-refractivity contribution in [3.63, 3.8) is 0 Å². The van der Waals surface area contributed by atoms with Crippen LogP contribution in [0.4, 0.5) is 4.79 Å². The lowest BCUT2D eigenvalue weighted by atomic mass is 10.0. The zero-order valence-corrected chi connectivity index (χ0v) is 12.7. The van der Waals surface area contributed by atoms with Crippen molar-refractivity contribution < 1.29 is 14.6 Å². The van der Waals surface area contributed by atoms with Gasteiger partial charge < -0.3 is 20.5 Å². The number of amides is 2. The van der Waals surface area contributed by atoms with E-state index < -0.39 is 5.60 Å². The molecule has 1 aliphatic rings. The summed E-state index contributed by atoms with van der Waals surface area (Å²) in [5, 5.41) is 15.7. The molecule has 0 heterocycles. The van der Waals surface area contributed by atoms with Crippen LogP contribution in [-0.4, -0.2) is 30.4 Å². The molecule has 0 aliphatic heterocycles. The van der Waals surface area contributed by atoms with Crippen LogP contribution in [0.1, 0.15) is 36.8 Å². The molecule has 0 saturated heterocycles. The third kappa shape index (κ3) is 4.36. The second kappa shape index (κ2) is 6.80. The van der Waals surface area contributed by atoms with Gasteiger partial charge in [-0.1, -0.05) is 25.0 Å². The summed E-state index contributed by atoms with van der Waals surface area (Å²) in [7, 11) is 1.62. The highest BCUT2D eigenvalue weighted by molar-refractivity contribution is 5.74. The second-order valence-electron chi connectivity index (χ2n) is 5.78. The summed E-state index contributed by atoms with van der Waals surface area (Å²) >= 11 is 0. The van der Waals surface area contributed by atoms with E-state index in [4.69, 9.17) is 4.74 Å². The SMILES string of the molecule is COc1cc(C)ccc1CNC(=O)NCC1(O)CCCC1. The van der Waals surface area contributed by atoms with Crippen LogP contribution in [-0.2, 0) is 6.54 Å². The Morgan fingerprint density at radius 3 is 2.71 bits per heavy atom. The van der Waals surface area contributed by atoms with E-state index in [0.29, 0.717) is 13.1 Å². The summed E-state index contributed by atoms with van der Waals surface area (Å²) in [5.74, 6) is 0.768. The minimum atomic E-state index is -0.723. The summed E-state index contributed by atoms with van der Waals surface area (Å²) < 4.78 is 5.30. The molecule has 0 unspecified atom stereocenters. The minimum absolute atomic E-state index is 0.266. The van der Waals surface area contributed by atoms with Crippen molar-refractivity contribution in [1.82, 2.24) is 10.6 Å². The first-order valence-electron chi connectivity index (χ1n) is 7.40. The molecule has 0 aromatic heterocycles. The van der Waals surface area contributed by atoms with Gasteiger partial charge >= 0.3 is 6.03 Å². The van der Waals surface area contributed by atoms with Crippen LogP contribution in [0.25, 0.3) is 0 Å². The lowest BCUT2D eigenvalue weighted by Crippen LogP contribution is -2.44. The van der Waals surface area contributed by atoms with E-state index in [1.807, 2.05) is 25.1 Å². The average Bonchev–Trinajstić information content (AvgIpc) is 2.91. The second-order valence-corrected chi connectivity index (χ2v) is 5.78. The molecular formula is C16H24N2O3. The van der Waals surface area contributed by atoms with Gasteiger partial charge in [0.15, 0.2) is 0 Å². The van der Waals surface area contributed by atoms with E-state index in [-0.39, 0.29) is 6.03 Å². The number of hydrogen-bond donors (Lipinski definition) is 3. The van der Waals surface area contributed by atoms with E-state index in [0.717, 1.165) is 42.6 Å². The average molecular weight is 292 g/mol. The van der Waals surface area contributed by atoms with Crippen LogP contribution < -0.4 is 15.4 Å². The number of carbonyl (C=O) groups excluding carboxylic acids is 1. The topological polar surface area (TPSA) is 70.6 Å². The number of hydrogen-bond acceptors (Lipinski definition) is 3. The molecule has 0 spiro atoms. The van der Waals surface area contributed by atoms with Crippen molar-refractivity contribution in [2.75, 3.05) is 13.7 Å². The summed E-state index contributed by atoms with van der Waals surface area (Å²) in [4.78, 5) is 11.8. The summed E-state index contributed by atoms with van der Waals surface area (Å²) in [5.41, 5.74) is 1.32. The first-order valence-corrected chi connectivity index (χ1v) is 7.40. The fourth-order valence-corrected chi connectivity index (χ4v) is 2.69. The van der Waals surface area contributed by atoms with Crippen molar-refractivity contribution in [1.29, 1.82) is 0 Å². The minimum Gasteiger partial charge on any atom is -0.496 e. The third-order valence-corrected chi connectivity index (χ3v) is 3.99. The predicted octanol–water partition coefficient (Wildman–Crippen LogP) is 2.11. The van der Waals surface area contributed by atoms with Gasteiger partial charge in [-0.05, 0) is 31.4 Å². The molecular weight excluding hydrogens is 268 g/mol. The number of nitrogens with one attached hydrogen (secondary N) is 2. The van der Waals surface area contributed by atoms with Gasteiger partial charge in [0.2, 0.25) is 0 Å². The zero-order valence-electron chi connectivity index (χ0n) is 12.7. The molecule has 3 N–H and O–H groups in total. The number of benzene rings is 1. The summed E-state index contributed by atoms with van der Waals surface area (Å²) in [6, 6.07) is 5.60. The van der Waals surface area contributed by atoms with Crippen molar-refractivity contribution in [3.05, 3.63) is 29.3 Å². The molecule has 1 aromatic carbocycles. The highest BCUT2D eigenvalue weighted by atomic mass is 16.5. The highest BCUT2D eigenvalue weighted by Crippen LogP contribution is 2.28. The standard InChI is InChI=1S/C16H24N2O3/c1-12-5-6-13(14(9-12)21-2)10-17-15(19)18-11-16(20)7-3-4-8-16/h5-6,9,20H,3-4,7-8,10-11H2,1-2H3,(H2,17,18,19). The first-order chi connectivity index (χ1) is 10.0. The molecule has 1 aromatic rings. The van der Waals surface area contributed by atoms with E-state index >= 15 is 0 Å². The van der Waals surface area contributed by atoms with E-state index in [2.05, 4.69) is 10.6 Å². The number of rotatable bonds is 5. The van der Waals surface area contributed by atoms with Crippen LogP contribution in [0.5, 0.6) is 5.75 Å². The predicted molar refractivity (Wildman–Crippen MR) is 81.4 cm³/mol. The van der Waals surface area contributed by atoms with Crippen LogP contribution in [0.2, 0.25) is 0 Å². The lowest BCUT2D eigenvalue weighted by molar-refractivity contribution is 0.0501. The van der Waals surface area contributed by atoms with Crippen molar-refractivity contribution >= 4 is 6.03 Å². The van der Waals surface area contributed by atoms with E-state index in [1.54, 1.807) is 7.11 Å². The lowest BCUT2D eigenvalue weighted by Gasteiger charge is -2.22. The molecule has 5 nitrogen and oxygen atoms in total. The maximum atomic E-state index is 11.8. The molecule has 21 heavy (non-hydrogen) atoms. The van der Waals surface area contributed by atoms with Gasteiger partial charge in [0, 0.05) is 18.7 Å². The largest absolute Gasteiger partial charge is 0.496 e. The number of methoxy groups -OCH3 is 1. The number of aliphatic hydroxyl groups is 1. The Labute approximate surface area is 125 Å². The molecule has 2 rings (SSSR count). The fraction of sp³-hybridized carbons (Fsp3) is 0.562. The van der Waals surface area contributed by atoms with Crippen LogP contribution in [0.15, 0.2) is 18.2 Å². The first kappa shape index (κ1) is 15.6. The number of carbonyl (C=O) groups is 1. The van der Waals surface area contributed by atoms with Crippen molar-refractivity contribution in [3.8, 4) is 5.75 Å². The van der Waals surface area contributed by atoms with Crippen LogP contribution in [0.3, 0.4) is 0 Å². The molecule has 0 radical (unpaired) electrons. The number of ether oxygens (including phenoxy) is 1. The smallest absolute Gasteiger partial charge is 0.315 e. The molecule has 116 valence electrons. The molecule has 0 atom stereocenters. The van der Waals surface area contributed by atoms with Gasteiger partial charge in [-0.3, -0.25) is 0 Å². The molecule has 1 saturated carbocycles. The fourth-order valence-electron chi connectivity index (χ4n) is 2.69. The maximum Gasteiger partial charge on any atom is 0.315 e. The summed E-state index contributed by atoms with van der Waals surface area (Å²) in [6.07, 6.45) is 3.58. The zero-order chi connectivity index (χ0) is 15.3. The van der Waals surface area contributed by atoms with Crippen LogP contribution in [0, 0.1) is 6.92 Å². The van der Waals surface area contributed by atoms with Gasteiger partial charge in [-0.15, -0.1) is 0 Å². The Morgan fingerprint density at radius 2 is 2.05 bits per heavy atom. The monoisotopic (exact) mass is 292 g/mol.